The van der Waals surface area contributed by atoms with Crippen LogP contribution in [0.15, 0.2) is 59.7 Å². The molecule has 0 bridgehead atoms. The minimum absolute atomic E-state index is 0.0230. The SMILES string of the molecule is CN(CO)Cc1ccc(/C=N/NC(=O)c2ccc(O)c(Cl)c2)c2ccccc12. The molecule has 1 amide bonds. The Labute approximate surface area is 167 Å². The zero-order valence-corrected chi connectivity index (χ0v) is 16.0. The smallest absolute Gasteiger partial charge is 0.271 e. The van der Waals surface area contributed by atoms with Crippen molar-refractivity contribution in [3.05, 3.63) is 76.3 Å². The summed E-state index contributed by atoms with van der Waals surface area (Å²) in [6, 6.07) is 16.0. The molecule has 6 nitrogen and oxygen atoms in total. The molecule has 0 aliphatic heterocycles. The van der Waals surface area contributed by atoms with E-state index >= 15 is 0 Å². The van der Waals surface area contributed by atoms with E-state index in [-0.39, 0.29) is 17.5 Å². The Morgan fingerprint density at radius 1 is 1.18 bits per heavy atom. The number of amides is 1. The van der Waals surface area contributed by atoms with E-state index in [0.29, 0.717) is 12.1 Å². The largest absolute Gasteiger partial charge is 0.506 e. The summed E-state index contributed by atoms with van der Waals surface area (Å²) in [5.74, 6) is -0.510. The number of hydrogen-bond acceptors (Lipinski definition) is 5. The third-order valence-electron chi connectivity index (χ3n) is 4.31. The van der Waals surface area contributed by atoms with Crippen LogP contribution in [-0.2, 0) is 6.54 Å². The number of hydrazone groups is 1. The van der Waals surface area contributed by atoms with Crippen LogP contribution in [0.4, 0.5) is 0 Å². The van der Waals surface area contributed by atoms with Crippen molar-refractivity contribution < 1.29 is 15.0 Å². The Hall–Kier alpha value is -2.93. The standard InChI is InChI=1S/C21H20ClN3O3/c1-25(13-26)12-16-7-6-15(17-4-2-3-5-18(16)17)11-23-24-21(28)14-8-9-20(27)19(22)10-14/h2-11,26-27H,12-13H2,1H3,(H,24,28)/b23-11+. The van der Waals surface area contributed by atoms with Gasteiger partial charge >= 0.3 is 0 Å². The van der Waals surface area contributed by atoms with Crippen LogP contribution in [0.1, 0.15) is 21.5 Å². The van der Waals surface area contributed by atoms with Gasteiger partial charge in [0.2, 0.25) is 0 Å². The molecule has 0 spiro atoms. The normalized spacial score (nSPS) is 11.4. The molecule has 0 aromatic heterocycles. The molecule has 3 rings (SSSR count). The van der Waals surface area contributed by atoms with E-state index in [0.717, 1.165) is 21.9 Å². The lowest BCUT2D eigenvalue weighted by atomic mass is 10.00. The van der Waals surface area contributed by atoms with Gasteiger partial charge in [-0.25, -0.2) is 5.43 Å². The maximum absolute atomic E-state index is 12.2. The lowest BCUT2D eigenvalue weighted by Gasteiger charge is -2.15. The van der Waals surface area contributed by atoms with Gasteiger partial charge in [0.1, 0.15) is 5.75 Å². The summed E-state index contributed by atoms with van der Waals surface area (Å²) in [6.45, 7) is 0.595. The summed E-state index contributed by atoms with van der Waals surface area (Å²) in [5.41, 5.74) is 4.71. The number of fused-ring (bicyclic) bond motifs is 1. The minimum atomic E-state index is -0.427. The predicted molar refractivity (Wildman–Crippen MR) is 111 cm³/mol. The van der Waals surface area contributed by atoms with Crippen LogP contribution < -0.4 is 5.43 Å². The van der Waals surface area contributed by atoms with Gasteiger partial charge in [0, 0.05) is 17.7 Å². The highest BCUT2D eigenvalue weighted by Crippen LogP contribution is 2.24. The minimum Gasteiger partial charge on any atom is -0.506 e. The number of nitrogens with zero attached hydrogens (tertiary/aromatic N) is 2. The summed E-state index contributed by atoms with van der Waals surface area (Å²) >= 11 is 5.83. The first-order chi connectivity index (χ1) is 13.5. The van der Waals surface area contributed by atoms with Crippen LogP contribution in [0.2, 0.25) is 5.02 Å². The Kier molecular flexibility index (Phi) is 6.26. The van der Waals surface area contributed by atoms with Crippen LogP contribution in [0.25, 0.3) is 10.8 Å². The van der Waals surface area contributed by atoms with E-state index in [4.69, 9.17) is 11.6 Å². The molecule has 0 saturated carbocycles. The summed E-state index contributed by atoms with van der Waals surface area (Å²) < 4.78 is 0. The zero-order valence-electron chi connectivity index (χ0n) is 15.3. The Balaban J connectivity index is 1.81. The van der Waals surface area contributed by atoms with E-state index in [1.165, 1.54) is 18.2 Å². The number of hydrogen-bond donors (Lipinski definition) is 3. The Morgan fingerprint density at radius 2 is 1.93 bits per heavy atom. The van der Waals surface area contributed by atoms with Crippen molar-refractivity contribution in [3.63, 3.8) is 0 Å². The molecule has 0 radical (unpaired) electrons. The Morgan fingerprint density at radius 3 is 2.64 bits per heavy atom. The maximum atomic E-state index is 12.2. The lowest BCUT2D eigenvalue weighted by Crippen LogP contribution is -2.18. The van der Waals surface area contributed by atoms with Crippen molar-refractivity contribution in [2.24, 2.45) is 5.10 Å². The first-order valence-corrected chi connectivity index (χ1v) is 8.99. The summed E-state index contributed by atoms with van der Waals surface area (Å²) in [5, 5.41) is 24.9. The van der Waals surface area contributed by atoms with Crippen molar-refractivity contribution in [2.75, 3.05) is 13.8 Å². The topological polar surface area (TPSA) is 85.2 Å². The molecule has 28 heavy (non-hydrogen) atoms. The molecule has 0 aliphatic rings. The first-order valence-electron chi connectivity index (χ1n) is 8.61. The van der Waals surface area contributed by atoms with Gasteiger partial charge in [0.25, 0.3) is 5.91 Å². The second-order valence-electron chi connectivity index (χ2n) is 6.38. The monoisotopic (exact) mass is 397 g/mol. The van der Waals surface area contributed by atoms with Gasteiger partial charge in [-0.05, 0) is 41.6 Å². The van der Waals surface area contributed by atoms with Crippen molar-refractivity contribution >= 4 is 34.5 Å². The molecule has 144 valence electrons. The Bertz CT molecular complexity index is 1040. The number of aromatic hydroxyl groups is 1. The molecule has 0 unspecified atom stereocenters. The van der Waals surface area contributed by atoms with E-state index in [1.807, 2.05) is 43.4 Å². The zero-order chi connectivity index (χ0) is 20.1. The first kappa shape index (κ1) is 19.8. The average molecular weight is 398 g/mol. The van der Waals surface area contributed by atoms with Crippen LogP contribution in [-0.4, -0.2) is 41.0 Å². The van der Waals surface area contributed by atoms with E-state index in [2.05, 4.69) is 10.5 Å². The molecule has 0 aliphatic carbocycles. The highest BCUT2D eigenvalue weighted by Gasteiger charge is 2.09. The van der Waals surface area contributed by atoms with Gasteiger partial charge < -0.3 is 10.2 Å². The van der Waals surface area contributed by atoms with Crippen molar-refractivity contribution in [1.29, 1.82) is 0 Å². The number of phenols is 1. The second-order valence-corrected chi connectivity index (χ2v) is 6.79. The molecule has 3 N–H and O–H groups in total. The molecule has 0 heterocycles. The molecule has 0 fully saturated rings. The van der Waals surface area contributed by atoms with Gasteiger partial charge in [-0.3, -0.25) is 9.69 Å². The van der Waals surface area contributed by atoms with Crippen LogP contribution >= 0.6 is 11.6 Å². The third kappa shape index (κ3) is 4.48. The number of benzene rings is 3. The highest BCUT2D eigenvalue weighted by atomic mass is 35.5. The third-order valence-corrected chi connectivity index (χ3v) is 4.61. The summed E-state index contributed by atoms with van der Waals surface area (Å²) in [4.78, 5) is 14.0. The fourth-order valence-corrected chi connectivity index (χ4v) is 3.03. The number of aliphatic hydroxyl groups excluding tert-OH is 1. The fraction of sp³-hybridized carbons (Fsp3) is 0.143. The summed E-state index contributed by atoms with van der Waals surface area (Å²) in [7, 11) is 1.84. The molecular formula is C21H20ClN3O3. The molecule has 3 aromatic carbocycles. The summed E-state index contributed by atoms with van der Waals surface area (Å²) in [6.07, 6.45) is 1.59. The lowest BCUT2D eigenvalue weighted by molar-refractivity contribution is 0.0955. The van der Waals surface area contributed by atoms with Gasteiger partial charge in [-0.2, -0.15) is 5.10 Å². The fourth-order valence-electron chi connectivity index (χ4n) is 2.85. The van der Waals surface area contributed by atoms with Crippen LogP contribution in [0, 0.1) is 0 Å². The van der Waals surface area contributed by atoms with Crippen LogP contribution in [0.3, 0.4) is 0 Å². The predicted octanol–water partition coefficient (Wildman–Crippen LogP) is 3.34. The van der Waals surface area contributed by atoms with E-state index in [9.17, 15) is 15.0 Å². The quantitative estimate of drug-likeness (QED) is 0.338. The van der Waals surface area contributed by atoms with Crippen molar-refractivity contribution in [3.8, 4) is 5.75 Å². The number of phenolic OH excluding ortho intramolecular Hbond substituents is 1. The molecule has 3 aromatic rings. The van der Waals surface area contributed by atoms with Crippen molar-refractivity contribution in [1.82, 2.24) is 10.3 Å². The van der Waals surface area contributed by atoms with Gasteiger partial charge in [-0.15, -0.1) is 0 Å². The van der Waals surface area contributed by atoms with Gasteiger partial charge in [0.05, 0.1) is 18.0 Å². The van der Waals surface area contributed by atoms with Crippen LogP contribution in [0.5, 0.6) is 5.75 Å². The van der Waals surface area contributed by atoms with Gasteiger partial charge in [-0.1, -0.05) is 48.0 Å². The number of carbonyl (C=O) groups excluding carboxylic acids is 1. The number of halogens is 1. The molecular weight excluding hydrogens is 378 g/mol. The molecule has 7 heteroatoms. The average Bonchev–Trinajstić information content (AvgIpc) is 2.71. The maximum Gasteiger partial charge on any atom is 0.271 e. The van der Waals surface area contributed by atoms with E-state index < -0.39 is 5.91 Å². The van der Waals surface area contributed by atoms with E-state index in [1.54, 1.807) is 11.1 Å². The molecule has 0 atom stereocenters. The second kappa shape index (κ2) is 8.84. The number of carbonyl (C=O) groups is 1. The van der Waals surface area contributed by atoms with Crippen molar-refractivity contribution in [2.45, 2.75) is 6.54 Å². The van der Waals surface area contributed by atoms with Gasteiger partial charge in [0.15, 0.2) is 0 Å². The molecule has 0 saturated heterocycles. The number of rotatable bonds is 6. The highest BCUT2D eigenvalue weighted by molar-refractivity contribution is 6.32. The number of nitrogens with one attached hydrogen (secondary N) is 1. The number of aliphatic hydroxyl groups is 1.